The fourth-order valence-corrected chi connectivity index (χ4v) is 4.26. The van der Waals surface area contributed by atoms with Crippen molar-refractivity contribution in [3.05, 3.63) is 28.5 Å². The molecule has 1 amide bonds. The summed E-state index contributed by atoms with van der Waals surface area (Å²) in [6, 6.07) is 2.34. The van der Waals surface area contributed by atoms with Crippen molar-refractivity contribution >= 4 is 33.0 Å². The molecule has 2 aromatic heterocycles. The summed E-state index contributed by atoms with van der Waals surface area (Å²) in [5, 5.41) is 11.3. The maximum atomic E-state index is 11.8. The van der Waals surface area contributed by atoms with E-state index >= 15 is 0 Å². The number of hydrogen-bond donors (Lipinski definition) is 3. The largest absolute Gasteiger partial charge is 0.380 e. The molecule has 1 aliphatic heterocycles. The summed E-state index contributed by atoms with van der Waals surface area (Å²) in [7, 11) is 0. The Balaban J connectivity index is 0.000000815. The standard InChI is InChI=1S/C15H18BrN5O.C2H2/c16-10-3-13-14(12(15(17)22)6-19-21(13)7-10)20-11-1-8-4-18-5-9(8)2-11;1-2/h3,6-9,11,18,20H,1-2,4-5H2,(H2,17,22);1-2H. The van der Waals surface area contributed by atoms with Crippen LogP contribution in [0.25, 0.3) is 5.52 Å². The number of carbonyl (C=O) groups is 1. The summed E-state index contributed by atoms with van der Waals surface area (Å²) in [5.41, 5.74) is 7.65. The quantitative estimate of drug-likeness (QED) is 0.699. The minimum absolute atomic E-state index is 0.384. The normalized spacial score (nSPS) is 25.0. The van der Waals surface area contributed by atoms with Gasteiger partial charge in [-0.15, -0.1) is 12.8 Å². The summed E-state index contributed by atoms with van der Waals surface area (Å²) >= 11 is 3.46. The molecule has 0 spiro atoms. The van der Waals surface area contributed by atoms with Crippen molar-refractivity contribution in [2.45, 2.75) is 18.9 Å². The van der Waals surface area contributed by atoms with Crippen molar-refractivity contribution in [1.29, 1.82) is 0 Å². The Morgan fingerprint density at radius 1 is 1.38 bits per heavy atom. The SMILES string of the molecule is C#C.NC(=O)c1cnn2cc(Br)cc2c1NC1CC2CNCC2C1. The Morgan fingerprint density at radius 2 is 2.04 bits per heavy atom. The third-order valence-corrected chi connectivity index (χ3v) is 5.31. The molecule has 0 aromatic carbocycles. The van der Waals surface area contributed by atoms with Crippen molar-refractivity contribution in [2.24, 2.45) is 17.6 Å². The number of anilines is 1. The molecule has 2 unspecified atom stereocenters. The lowest BCUT2D eigenvalue weighted by atomic mass is 10.0. The number of rotatable bonds is 3. The van der Waals surface area contributed by atoms with Crippen LogP contribution in [0.15, 0.2) is 22.9 Å². The van der Waals surface area contributed by atoms with Gasteiger partial charge in [0.05, 0.1) is 23.0 Å². The number of halogens is 1. The van der Waals surface area contributed by atoms with Gasteiger partial charge in [0.25, 0.3) is 5.91 Å². The lowest BCUT2D eigenvalue weighted by molar-refractivity contribution is 0.100. The van der Waals surface area contributed by atoms with Crippen LogP contribution < -0.4 is 16.4 Å². The van der Waals surface area contributed by atoms with E-state index in [1.54, 1.807) is 10.7 Å². The predicted molar refractivity (Wildman–Crippen MR) is 97.8 cm³/mol. The third-order valence-electron chi connectivity index (χ3n) is 4.87. The Labute approximate surface area is 149 Å². The summed E-state index contributed by atoms with van der Waals surface area (Å²) < 4.78 is 2.69. The first-order valence-electron chi connectivity index (χ1n) is 7.89. The summed E-state index contributed by atoms with van der Waals surface area (Å²) in [6.07, 6.45) is 13.7. The van der Waals surface area contributed by atoms with E-state index < -0.39 is 5.91 Å². The molecule has 2 atom stereocenters. The summed E-state index contributed by atoms with van der Waals surface area (Å²) in [4.78, 5) is 11.8. The van der Waals surface area contributed by atoms with Crippen LogP contribution in [0.1, 0.15) is 23.2 Å². The number of fused-ring (bicyclic) bond motifs is 2. The summed E-state index contributed by atoms with van der Waals surface area (Å²) in [6.45, 7) is 2.21. The van der Waals surface area contributed by atoms with Gasteiger partial charge in [0, 0.05) is 16.7 Å². The third kappa shape index (κ3) is 2.99. The number of carbonyl (C=O) groups excluding carboxylic acids is 1. The number of nitrogens with one attached hydrogen (secondary N) is 2. The van der Waals surface area contributed by atoms with E-state index in [9.17, 15) is 4.79 Å². The number of hydrogen-bond acceptors (Lipinski definition) is 4. The molecule has 0 bridgehead atoms. The van der Waals surface area contributed by atoms with Crippen molar-refractivity contribution in [3.8, 4) is 12.8 Å². The van der Waals surface area contributed by atoms with Gasteiger partial charge in [-0.05, 0) is 59.8 Å². The van der Waals surface area contributed by atoms with E-state index in [4.69, 9.17) is 5.73 Å². The molecule has 1 aliphatic carbocycles. The molecule has 0 radical (unpaired) electrons. The highest BCUT2D eigenvalue weighted by molar-refractivity contribution is 9.10. The Morgan fingerprint density at radius 3 is 2.67 bits per heavy atom. The van der Waals surface area contributed by atoms with Crippen LogP contribution in [0, 0.1) is 24.7 Å². The highest BCUT2D eigenvalue weighted by atomic mass is 79.9. The van der Waals surface area contributed by atoms with Gasteiger partial charge in [-0.1, -0.05) is 0 Å². The second kappa shape index (κ2) is 6.83. The first-order chi connectivity index (χ1) is 11.6. The molecular formula is C17H20BrN5O. The minimum Gasteiger partial charge on any atom is -0.380 e. The van der Waals surface area contributed by atoms with Gasteiger partial charge in [-0.2, -0.15) is 5.10 Å². The molecule has 2 fully saturated rings. The monoisotopic (exact) mass is 389 g/mol. The van der Waals surface area contributed by atoms with Crippen molar-refractivity contribution in [1.82, 2.24) is 14.9 Å². The van der Waals surface area contributed by atoms with Crippen LogP contribution in [0.3, 0.4) is 0 Å². The Bertz CT molecular complexity index is 772. The molecule has 4 rings (SSSR count). The highest BCUT2D eigenvalue weighted by Gasteiger charge is 2.37. The van der Waals surface area contributed by atoms with Crippen LogP contribution >= 0.6 is 15.9 Å². The fourth-order valence-electron chi connectivity index (χ4n) is 3.85. The topological polar surface area (TPSA) is 84.5 Å². The van der Waals surface area contributed by atoms with Crippen molar-refractivity contribution in [3.63, 3.8) is 0 Å². The molecule has 126 valence electrons. The number of aromatic nitrogens is 2. The zero-order valence-electron chi connectivity index (χ0n) is 13.2. The van der Waals surface area contributed by atoms with Gasteiger partial charge >= 0.3 is 0 Å². The second-order valence-electron chi connectivity index (χ2n) is 6.28. The first kappa shape index (κ1) is 16.8. The van der Waals surface area contributed by atoms with E-state index in [2.05, 4.69) is 44.5 Å². The molecule has 24 heavy (non-hydrogen) atoms. The summed E-state index contributed by atoms with van der Waals surface area (Å²) in [5.74, 6) is 1.03. The Hall–Kier alpha value is -2.04. The number of amides is 1. The number of terminal acetylenes is 1. The van der Waals surface area contributed by atoms with E-state index in [0.717, 1.165) is 53.4 Å². The average Bonchev–Trinajstić information content (AvgIpc) is 3.22. The van der Waals surface area contributed by atoms with Gasteiger partial charge in [-0.25, -0.2) is 4.52 Å². The maximum Gasteiger partial charge on any atom is 0.252 e. The average molecular weight is 390 g/mol. The molecule has 2 aliphatic rings. The van der Waals surface area contributed by atoms with Crippen LogP contribution in [-0.4, -0.2) is 34.7 Å². The van der Waals surface area contributed by atoms with Crippen LogP contribution in [0.4, 0.5) is 5.69 Å². The fraction of sp³-hybridized carbons (Fsp3) is 0.412. The smallest absolute Gasteiger partial charge is 0.252 e. The molecule has 4 N–H and O–H groups in total. The van der Waals surface area contributed by atoms with Gasteiger partial charge in [0.2, 0.25) is 0 Å². The van der Waals surface area contributed by atoms with Gasteiger partial charge < -0.3 is 16.4 Å². The minimum atomic E-state index is -0.449. The number of primary amides is 1. The Kier molecular flexibility index (Phi) is 4.78. The lowest BCUT2D eigenvalue weighted by Gasteiger charge is -2.18. The molecule has 1 saturated carbocycles. The first-order valence-corrected chi connectivity index (χ1v) is 8.68. The lowest BCUT2D eigenvalue weighted by Crippen LogP contribution is -2.23. The number of nitrogens with zero attached hydrogens (tertiary/aromatic N) is 2. The van der Waals surface area contributed by atoms with Crippen LogP contribution in [0.5, 0.6) is 0 Å². The van der Waals surface area contributed by atoms with Crippen LogP contribution in [0.2, 0.25) is 0 Å². The van der Waals surface area contributed by atoms with E-state index in [1.807, 2.05) is 12.3 Å². The van der Waals surface area contributed by atoms with E-state index in [0.29, 0.717) is 11.6 Å². The molecule has 3 heterocycles. The number of nitrogens with two attached hydrogens (primary N) is 1. The zero-order valence-corrected chi connectivity index (χ0v) is 14.8. The molecular weight excluding hydrogens is 370 g/mol. The van der Waals surface area contributed by atoms with Gasteiger partial charge in [0.1, 0.15) is 0 Å². The molecule has 6 nitrogen and oxygen atoms in total. The van der Waals surface area contributed by atoms with Crippen molar-refractivity contribution < 1.29 is 4.79 Å². The molecule has 2 aromatic rings. The predicted octanol–water partition coefficient (Wildman–Crippen LogP) is 1.85. The van der Waals surface area contributed by atoms with Gasteiger partial charge in [-0.3, -0.25) is 4.79 Å². The van der Waals surface area contributed by atoms with Crippen LogP contribution in [-0.2, 0) is 0 Å². The van der Waals surface area contributed by atoms with E-state index in [1.165, 1.54) is 0 Å². The molecule has 1 saturated heterocycles. The molecule has 7 heteroatoms. The second-order valence-corrected chi connectivity index (χ2v) is 7.19. The highest BCUT2D eigenvalue weighted by Crippen LogP contribution is 2.37. The maximum absolute atomic E-state index is 11.8. The van der Waals surface area contributed by atoms with E-state index in [-0.39, 0.29) is 0 Å². The zero-order chi connectivity index (χ0) is 17.3. The van der Waals surface area contributed by atoms with Crippen molar-refractivity contribution in [2.75, 3.05) is 18.4 Å². The van der Waals surface area contributed by atoms with Gasteiger partial charge in [0.15, 0.2) is 0 Å².